The molecule has 1 aliphatic heterocycles. The second kappa shape index (κ2) is 6.35. The Hall–Kier alpha value is -1.75. The number of rotatable bonds is 4. The molecule has 2 N–H and O–H groups in total. The van der Waals surface area contributed by atoms with Crippen LogP contribution in [0.1, 0.15) is 20.3 Å². The third-order valence-electron chi connectivity index (χ3n) is 3.66. The van der Waals surface area contributed by atoms with E-state index in [9.17, 15) is 4.79 Å². The quantitative estimate of drug-likeness (QED) is 0.912. The number of carbonyl (C=O) groups is 1. The number of ether oxygens (including phenoxy) is 1. The first-order valence-electron chi connectivity index (χ1n) is 7.35. The van der Waals surface area contributed by atoms with Crippen LogP contribution in [0.15, 0.2) is 24.3 Å². The average molecular weight is 291 g/mol. The molecule has 1 saturated heterocycles. The van der Waals surface area contributed by atoms with Crippen molar-refractivity contribution in [3.8, 4) is 5.75 Å². The summed E-state index contributed by atoms with van der Waals surface area (Å²) in [6, 6.07) is 8.03. The van der Waals surface area contributed by atoms with Gasteiger partial charge in [0, 0.05) is 49.9 Å². The van der Waals surface area contributed by atoms with E-state index >= 15 is 0 Å². The first-order chi connectivity index (χ1) is 9.89. The molecule has 116 valence electrons. The lowest BCUT2D eigenvalue weighted by molar-refractivity contribution is -0.132. The molecule has 1 aromatic carbocycles. The first kappa shape index (κ1) is 15.6. The summed E-state index contributed by atoms with van der Waals surface area (Å²) in [4.78, 5) is 16.4. The van der Waals surface area contributed by atoms with E-state index in [4.69, 9.17) is 10.5 Å². The molecule has 0 unspecified atom stereocenters. The van der Waals surface area contributed by atoms with Crippen molar-refractivity contribution >= 4 is 11.6 Å². The SMILES string of the molecule is COc1cccc(N2CCN(C(=O)CC(C)(C)N)CC2)c1. The van der Waals surface area contributed by atoms with Crippen LogP contribution in [0.4, 0.5) is 5.69 Å². The Kier molecular flexibility index (Phi) is 4.73. The lowest BCUT2D eigenvalue weighted by Gasteiger charge is -2.37. The molecule has 5 nitrogen and oxygen atoms in total. The average Bonchev–Trinajstić information content (AvgIpc) is 2.46. The highest BCUT2D eigenvalue weighted by Gasteiger charge is 2.25. The van der Waals surface area contributed by atoms with Gasteiger partial charge in [0.2, 0.25) is 5.91 Å². The highest BCUT2D eigenvalue weighted by Crippen LogP contribution is 2.22. The highest BCUT2D eigenvalue weighted by atomic mass is 16.5. The van der Waals surface area contributed by atoms with Crippen LogP contribution in [0.5, 0.6) is 5.75 Å². The molecule has 0 aliphatic carbocycles. The van der Waals surface area contributed by atoms with Crippen LogP contribution in [0, 0.1) is 0 Å². The molecule has 21 heavy (non-hydrogen) atoms. The summed E-state index contributed by atoms with van der Waals surface area (Å²) < 4.78 is 5.25. The molecule has 0 radical (unpaired) electrons. The van der Waals surface area contributed by atoms with Gasteiger partial charge in [0.1, 0.15) is 5.75 Å². The summed E-state index contributed by atoms with van der Waals surface area (Å²) in [6.07, 6.45) is 0.395. The summed E-state index contributed by atoms with van der Waals surface area (Å²) >= 11 is 0. The zero-order valence-corrected chi connectivity index (χ0v) is 13.1. The van der Waals surface area contributed by atoms with E-state index in [1.165, 1.54) is 0 Å². The number of nitrogens with two attached hydrogens (primary N) is 1. The minimum absolute atomic E-state index is 0.146. The standard InChI is InChI=1S/C16H25N3O2/c1-16(2,17)12-15(20)19-9-7-18(8-10-19)13-5-4-6-14(11-13)21-3/h4-6,11H,7-10,12,17H2,1-3H3. The van der Waals surface area contributed by atoms with Crippen LogP contribution in [0.25, 0.3) is 0 Å². The molecule has 1 aliphatic rings. The molecule has 1 aromatic rings. The molecule has 1 fully saturated rings. The largest absolute Gasteiger partial charge is 0.497 e. The van der Waals surface area contributed by atoms with Gasteiger partial charge in [-0.25, -0.2) is 0 Å². The fourth-order valence-electron chi connectivity index (χ4n) is 2.52. The monoisotopic (exact) mass is 291 g/mol. The van der Waals surface area contributed by atoms with Gasteiger partial charge < -0.3 is 20.3 Å². The summed E-state index contributed by atoms with van der Waals surface area (Å²) in [5, 5.41) is 0. The van der Waals surface area contributed by atoms with Gasteiger partial charge in [0.25, 0.3) is 0 Å². The van der Waals surface area contributed by atoms with E-state index in [-0.39, 0.29) is 5.91 Å². The van der Waals surface area contributed by atoms with Crippen molar-refractivity contribution in [2.24, 2.45) is 5.73 Å². The Morgan fingerprint density at radius 1 is 1.29 bits per heavy atom. The van der Waals surface area contributed by atoms with Crippen molar-refractivity contribution < 1.29 is 9.53 Å². The lowest BCUT2D eigenvalue weighted by atomic mass is 10.0. The zero-order valence-electron chi connectivity index (χ0n) is 13.1. The minimum Gasteiger partial charge on any atom is -0.497 e. The molecule has 0 saturated carbocycles. The number of amides is 1. The molecule has 2 rings (SSSR count). The highest BCUT2D eigenvalue weighted by molar-refractivity contribution is 5.77. The van der Waals surface area contributed by atoms with Crippen molar-refractivity contribution in [1.82, 2.24) is 4.90 Å². The van der Waals surface area contributed by atoms with E-state index in [2.05, 4.69) is 11.0 Å². The number of hydrogen-bond donors (Lipinski definition) is 1. The molecular weight excluding hydrogens is 266 g/mol. The van der Waals surface area contributed by atoms with Crippen molar-refractivity contribution in [2.75, 3.05) is 38.2 Å². The minimum atomic E-state index is -0.443. The van der Waals surface area contributed by atoms with Crippen molar-refractivity contribution in [1.29, 1.82) is 0 Å². The Bertz CT molecular complexity index is 489. The van der Waals surface area contributed by atoms with E-state index in [1.54, 1.807) is 7.11 Å². The lowest BCUT2D eigenvalue weighted by Crippen LogP contribution is -2.50. The van der Waals surface area contributed by atoms with Gasteiger partial charge in [0.15, 0.2) is 0 Å². The van der Waals surface area contributed by atoms with Gasteiger partial charge in [-0.2, -0.15) is 0 Å². The Morgan fingerprint density at radius 3 is 2.52 bits per heavy atom. The van der Waals surface area contributed by atoms with E-state index in [1.807, 2.05) is 36.9 Å². The second-order valence-corrected chi connectivity index (χ2v) is 6.23. The predicted molar refractivity (Wildman–Crippen MR) is 84.7 cm³/mol. The number of anilines is 1. The number of nitrogens with zero attached hydrogens (tertiary/aromatic N) is 2. The summed E-state index contributed by atoms with van der Waals surface area (Å²) in [5.74, 6) is 1.00. The smallest absolute Gasteiger partial charge is 0.224 e. The predicted octanol–water partition coefficient (Wildman–Crippen LogP) is 1.47. The number of hydrogen-bond acceptors (Lipinski definition) is 4. The molecule has 1 amide bonds. The second-order valence-electron chi connectivity index (χ2n) is 6.23. The number of benzene rings is 1. The third-order valence-corrected chi connectivity index (χ3v) is 3.66. The zero-order chi connectivity index (χ0) is 15.5. The van der Waals surface area contributed by atoms with Crippen LogP contribution in [-0.4, -0.2) is 49.6 Å². The van der Waals surface area contributed by atoms with Gasteiger partial charge in [-0.1, -0.05) is 6.07 Å². The summed E-state index contributed by atoms with van der Waals surface area (Å²) in [6.45, 7) is 6.93. The number of carbonyl (C=O) groups excluding carboxylic acids is 1. The van der Waals surface area contributed by atoms with Crippen molar-refractivity contribution in [2.45, 2.75) is 25.8 Å². The van der Waals surface area contributed by atoms with Gasteiger partial charge in [-0.15, -0.1) is 0 Å². The van der Waals surface area contributed by atoms with Gasteiger partial charge >= 0.3 is 0 Å². The van der Waals surface area contributed by atoms with Crippen LogP contribution in [-0.2, 0) is 4.79 Å². The van der Waals surface area contributed by atoms with Crippen molar-refractivity contribution in [3.63, 3.8) is 0 Å². The fourth-order valence-corrected chi connectivity index (χ4v) is 2.52. The van der Waals surface area contributed by atoms with Gasteiger partial charge in [-0.05, 0) is 26.0 Å². The normalized spacial score (nSPS) is 16.0. The molecule has 5 heteroatoms. The molecule has 0 bridgehead atoms. The van der Waals surface area contributed by atoms with Crippen molar-refractivity contribution in [3.05, 3.63) is 24.3 Å². The van der Waals surface area contributed by atoms with Crippen LogP contribution in [0.2, 0.25) is 0 Å². The Balaban J connectivity index is 1.92. The van der Waals surface area contributed by atoms with E-state index in [0.717, 1.165) is 37.6 Å². The Labute approximate surface area is 126 Å². The maximum atomic E-state index is 12.2. The van der Waals surface area contributed by atoms with Crippen LogP contribution >= 0.6 is 0 Å². The molecular formula is C16H25N3O2. The van der Waals surface area contributed by atoms with Crippen LogP contribution < -0.4 is 15.4 Å². The van der Waals surface area contributed by atoms with Gasteiger partial charge in [0.05, 0.1) is 7.11 Å². The van der Waals surface area contributed by atoms with Gasteiger partial charge in [-0.3, -0.25) is 4.79 Å². The van der Waals surface area contributed by atoms with E-state index < -0.39 is 5.54 Å². The van der Waals surface area contributed by atoms with E-state index in [0.29, 0.717) is 6.42 Å². The number of piperazine rings is 1. The molecule has 0 spiro atoms. The summed E-state index contributed by atoms with van der Waals surface area (Å²) in [7, 11) is 1.67. The third kappa shape index (κ3) is 4.36. The fraction of sp³-hybridized carbons (Fsp3) is 0.562. The van der Waals surface area contributed by atoms with Crippen LogP contribution in [0.3, 0.4) is 0 Å². The molecule has 0 atom stereocenters. The number of methoxy groups -OCH3 is 1. The Morgan fingerprint density at radius 2 is 1.95 bits per heavy atom. The topological polar surface area (TPSA) is 58.8 Å². The maximum absolute atomic E-state index is 12.2. The molecule has 1 heterocycles. The maximum Gasteiger partial charge on any atom is 0.224 e. The summed E-state index contributed by atoms with van der Waals surface area (Å²) in [5.41, 5.74) is 6.62. The first-order valence-corrected chi connectivity index (χ1v) is 7.35. The molecule has 0 aromatic heterocycles.